The van der Waals surface area contributed by atoms with E-state index in [2.05, 4.69) is 24.0 Å². The van der Waals surface area contributed by atoms with Gasteiger partial charge in [0.1, 0.15) is 5.60 Å². The van der Waals surface area contributed by atoms with Gasteiger partial charge >= 0.3 is 0 Å². The number of nitrogens with zero attached hydrogens (tertiary/aromatic N) is 2. The molecule has 2 N–H and O–H groups in total. The Morgan fingerprint density at radius 2 is 1.95 bits per heavy atom. The first-order chi connectivity index (χ1) is 10.1. The standard InChI is InChI=1S/C16H23N3O2/c1-5-16(6-2,20-7-3)15-18-14(21-19-15)13-10-12(17)9-8-11(13)4/h8-10H,5-7,17H2,1-4H3. The van der Waals surface area contributed by atoms with Gasteiger partial charge in [0.15, 0.2) is 0 Å². The quantitative estimate of drug-likeness (QED) is 0.821. The van der Waals surface area contributed by atoms with Gasteiger partial charge in [-0.1, -0.05) is 25.1 Å². The Labute approximate surface area is 125 Å². The van der Waals surface area contributed by atoms with Crippen molar-refractivity contribution in [2.45, 2.75) is 46.1 Å². The van der Waals surface area contributed by atoms with Crippen molar-refractivity contribution in [1.82, 2.24) is 10.1 Å². The normalized spacial score (nSPS) is 11.8. The Balaban J connectivity index is 2.43. The van der Waals surface area contributed by atoms with Gasteiger partial charge in [0, 0.05) is 17.9 Å². The zero-order valence-corrected chi connectivity index (χ0v) is 13.1. The number of hydrogen-bond acceptors (Lipinski definition) is 5. The van der Waals surface area contributed by atoms with Gasteiger partial charge in [0.25, 0.3) is 5.89 Å². The second-order valence-corrected chi connectivity index (χ2v) is 5.13. The minimum atomic E-state index is -0.481. The molecule has 0 bridgehead atoms. The fourth-order valence-electron chi connectivity index (χ4n) is 2.50. The number of aromatic nitrogens is 2. The molecule has 5 nitrogen and oxygen atoms in total. The summed E-state index contributed by atoms with van der Waals surface area (Å²) in [5.41, 5.74) is 7.96. The van der Waals surface area contributed by atoms with Gasteiger partial charge in [-0.15, -0.1) is 0 Å². The van der Waals surface area contributed by atoms with E-state index in [4.69, 9.17) is 15.0 Å². The molecule has 0 saturated heterocycles. The Kier molecular flexibility index (Phi) is 4.63. The average Bonchev–Trinajstić information content (AvgIpc) is 2.97. The third-order valence-electron chi connectivity index (χ3n) is 3.89. The van der Waals surface area contributed by atoms with Gasteiger partial charge in [-0.3, -0.25) is 0 Å². The summed E-state index contributed by atoms with van der Waals surface area (Å²) in [5, 5.41) is 4.14. The van der Waals surface area contributed by atoms with Crippen LogP contribution in [0.25, 0.3) is 11.5 Å². The van der Waals surface area contributed by atoms with Crippen LogP contribution in [0, 0.1) is 6.92 Å². The highest BCUT2D eigenvalue weighted by Gasteiger charge is 2.34. The van der Waals surface area contributed by atoms with E-state index in [0.29, 0.717) is 24.0 Å². The van der Waals surface area contributed by atoms with Crippen molar-refractivity contribution in [3.05, 3.63) is 29.6 Å². The molecule has 0 aliphatic carbocycles. The SMILES string of the molecule is CCOC(CC)(CC)c1noc(-c2cc(N)ccc2C)n1. The lowest BCUT2D eigenvalue weighted by atomic mass is 9.96. The van der Waals surface area contributed by atoms with Crippen molar-refractivity contribution in [3.63, 3.8) is 0 Å². The first-order valence-electron chi connectivity index (χ1n) is 7.41. The number of rotatable bonds is 6. The number of anilines is 1. The molecule has 1 aromatic carbocycles. The van der Waals surface area contributed by atoms with E-state index in [1.807, 2.05) is 32.0 Å². The van der Waals surface area contributed by atoms with E-state index in [9.17, 15) is 0 Å². The summed E-state index contributed by atoms with van der Waals surface area (Å²) in [4.78, 5) is 4.56. The molecule has 0 amide bonds. The number of nitrogen functional groups attached to an aromatic ring is 1. The lowest BCUT2D eigenvalue weighted by Gasteiger charge is -2.27. The van der Waals surface area contributed by atoms with Crippen LogP contribution in [0.2, 0.25) is 0 Å². The minimum absolute atomic E-state index is 0.481. The van der Waals surface area contributed by atoms with Gasteiger partial charge < -0.3 is 15.0 Å². The van der Waals surface area contributed by atoms with Crippen LogP contribution in [0.4, 0.5) is 5.69 Å². The van der Waals surface area contributed by atoms with Crippen LogP contribution in [-0.2, 0) is 10.3 Å². The van der Waals surface area contributed by atoms with Crippen LogP contribution >= 0.6 is 0 Å². The molecule has 0 saturated carbocycles. The van der Waals surface area contributed by atoms with Crippen LogP contribution < -0.4 is 5.73 Å². The summed E-state index contributed by atoms with van der Waals surface area (Å²) in [6.45, 7) is 8.72. The number of ether oxygens (including phenoxy) is 1. The highest BCUT2D eigenvalue weighted by molar-refractivity contribution is 5.63. The van der Waals surface area contributed by atoms with Gasteiger partial charge in [-0.25, -0.2) is 0 Å². The number of nitrogens with two attached hydrogens (primary N) is 1. The molecular weight excluding hydrogens is 266 g/mol. The number of hydrogen-bond donors (Lipinski definition) is 1. The lowest BCUT2D eigenvalue weighted by Crippen LogP contribution is -2.29. The topological polar surface area (TPSA) is 74.2 Å². The molecule has 2 rings (SSSR count). The Bertz CT molecular complexity index is 603. The van der Waals surface area contributed by atoms with Gasteiger partial charge in [0.05, 0.1) is 0 Å². The van der Waals surface area contributed by atoms with Gasteiger partial charge in [0.2, 0.25) is 5.82 Å². The summed E-state index contributed by atoms with van der Waals surface area (Å²) in [7, 11) is 0. The van der Waals surface area contributed by atoms with Crippen molar-refractivity contribution in [2.75, 3.05) is 12.3 Å². The molecule has 1 aromatic heterocycles. The zero-order chi connectivity index (χ0) is 15.5. The third-order valence-corrected chi connectivity index (χ3v) is 3.89. The summed E-state index contributed by atoms with van der Waals surface area (Å²) in [5.74, 6) is 1.09. The predicted molar refractivity (Wildman–Crippen MR) is 82.8 cm³/mol. The molecule has 2 aromatic rings. The maximum atomic E-state index is 5.91. The molecule has 0 unspecified atom stereocenters. The highest BCUT2D eigenvalue weighted by Crippen LogP contribution is 2.33. The number of aryl methyl sites for hydroxylation is 1. The largest absolute Gasteiger partial charge is 0.399 e. The molecule has 0 atom stereocenters. The number of benzene rings is 1. The maximum Gasteiger partial charge on any atom is 0.258 e. The summed E-state index contributed by atoms with van der Waals surface area (Å²) < 4.78 is 11.4. The Hall–Kier alpha value is -1.88. The van der Waals surface area contributed by atoms with Gasteiger partial charge in [-0.05, 0) is 44.4 Å². The van der Waals surface area contributed by atoms with Crippen molar-refractivity contribution in [3.8, 4) is 11.5 Å². The van der Waals surface area contributed by atoms with E-state index >= 15 is 0 Å². The predicted octanol–water partition coefficient (Wildman–Crippen LogP) is 3.68. The summed E-state index contributed by atoms with van der Waals surface area (Å²) in [6, 6.07) is 5.66. The molecule has 0 fully saturated rings. The molecule has 0 spiro atoms. The molecule has 0 aliphatic heterocycles. The van der Waals surface area contributed by atoms with Crippen molar-refractivity contribution >= 4 is 5.69 Å². The third kappa shape index (κ3) is 2.93. The monoisotopic (exact) mass is 289 g/mol. The van der Waals surface area contributed by atoms with Crippen LogP contribution in [-0.4, -0.2) is 16.7 Å². The molecule has 0 aliphatic rings. The molecule has 5 heteroatoms. The average molecular weight is 289 g/mol. The van der Waals surface area contributed by atoms with Crippen LogP contribution in [0.3, 0.4) is 0 Å². The Morgan fingerprint density at radius 3 is 2.57 bits per heavy atom. The first-order valence-corrected chi connectivity index (χ1v) is 7.41. The molecule has 114 valence electrons. The van der Waals surface area contributed by atoms with E-state index in [1.54, 1.807) is 0 Å². The highest BCUT2D eigenvalue weighted by atomic mass is 16.5. The van der Waals surface area contributed by atoms with Crippen molar-refractivity contribution in [1.29, 1.82) is 0 Å². The van der Waals surface area contributed by atoms with Crippen molar-refractivity contribution < 1.29 is 9.26 Å². The minimum Gasteiger partial charge on any atom is -0.399 e. The summed E-state index contributed by atoms with van der Waals surface area (Å²) in [6.07, 6.45) is 1.60. The molecular formula is C16H23N3O2. The second-order valence-electron chi connectivity index (χ2n) is 5.13. The van der Waals surface area contributed by atoms with E-state index in [0.717, 1.165) is 24.0 Å². The lowest BCUT2D eigenvalue weighted by molar-refractivity contribution is -0.0583. The fourth-order valence-corrected chi connectivity index (χ4v) is 2.50. The van der Waals surface area contributed by atoms with E-state index < -0.39 is 5.60 Å². The fraction of sp³-hybridized carbons (Fsp3) is 0.500. The molecule has 21 heavy (non-hydrogen) atoms. The maximum absolute atomic E-state index is 5.91. The van der Waals surface area contributed by atoms with Crippen LogP contribution in [0.1, 0.15) is 45.0 Å². The first kappa shape index (κ1) is 15.5. The van der Waals surface area contributed by atoms with Gasteiger partial charge in [-0.2, -0.15) is 4.98 Å². The van der Waals surface area contributed by atoms with Crippen LogP contribution in [0.15, 0.2) is 22.7 Å². The van der Waals surface area contributed by atoms with Crippen LogP contribution in [0.5, 0.6) is 0 Å². The molecule has 1 heterocycles. The van der Waals surface area contributed by atoms with Crippen molar-refractivity contribution in [2.24, 2.45) is 0 Å². The zero-order valence-electron chi connectivity index (χ0n) is 13.1. The second kappa shape index (κ2) is 6.26. The van der Waals surface area contributed by atoms with E-state index in [-0.39, 0.29) is 0 Å². The van der Waals surface area contributed by atoms with E-state index in [1.165, 1.54) is 0 Å². The summed E-state index contributed by atoms with van der Waals surface area (Å²) >= 11 is 0. The Morgan fingerprint density at radius 1 is 1.24 bits per heavy atom. The molecule has 0 radical (unpaired) electrons. The smallest absolute Gasteiger partial charge is 0.258 e.